The molecule has 1 aromatic carbocycles. The Balaban J connectivity index is 2.38. The van der Waals surface area contributed by atoms with Crippen LogP contribution in [-0.2, 0) is 11.8 Å². The number of fused-ring (bicyclic) bond motifs is 1. The minimum absolute atomic E-state index is 0.00236. The van der Waals surface area contributed by atoms with Gasteiger partial charge in [0, 0.05) is 20.7 Å². The van der Waals surface area contributed by atoms with Gasteiger partial charge < -0.3 is 10.1 Å². The van der Waals surface area contributed by atoms with Crippen LogP contribution in [0.5, 0.6) is 0 Å². The lowest BCUT2D eigenvalue weighted by Gasteiger charge is -2.16. The van der Waals surface area contributed by atoms with Crippen molar-refractivity contribution in [1.82, 2.24) is 14.9 Å². The van der Waals surface area contributed by atoms with E-state index in [1.54, 1.807) is 24.8 Å². The first-order valence-electron chi connectivity index (χ1n) is 6.33. The third-order valence-corrected chi connectivity index (χ3v) is 3.16. The van der Waals surface area contributed by atoms with Crippen molar-refractivity contribution in [3.8, 4) is 0 Å². The molecule has 1 heterocycles. The molecule has 1 atom stereocenters. The zero-order chi connectivity index (χ0) is 13.8. The van der Waals surface area contributed by atoms with Crippen LogP contribution in [0.2, 0.25) is 0 Å². The summed E-state index contributed by atoms with van der Waals surface area (Å²) in [5.41, 5.74) is 0.724. The SMILES string of the molecule is COCCNC(C)c1nc2ccccc2c(=O)n1C. The van der Waals surface area contributed by atoms with Crippen LogP contribution in [0, 0.1) is 0 Å². The van der Waals surface area contributed by atoms with Gasteiger partial charge in [0.2, 0.25) is 0 Å². The highest BCUT2D eigenvalue weighted by molar-refractivity contribution is 5.77. The van der Waals surface area contributed by atoms with Crippen LogP contribution in [0.1, 0.15) is 18.8 Å². The fraction of sp³-hybridized carbons (Fsp3) is 0.429. The van der Waals surface area contributed by atoms with Crippen molar-refractivity contribution in [1.29, 1.82) is 0 Å². The maximum atomic E-state index is 12.3. The van der Waals surface area contributed by atoms with Crippen molar-refractivity contribution >= 4 is 10.9 Å². The Bertz CT molecular complexity index is 622. The van der Waals surface area contributed by atoms with Crippen LogP contribution in [0.4, 0.5) is 0 Å². The summed E-state index contributed by atoms with van der Waals surface area (Å²) in [5.74, 6) is 0.736. The minimum atomic E-state index is -0.0130. The third kappa shape index (κ3) is 2.83. The van der Waals surface area contributed by atoms with Crippen LogP contribution in [0.25, 0.3) is 10.9 Å². The van der Waals surface area contributed by atoms with Crippen LogP contribution in [0.3, 0.4) is 0 Å². The first-order valence-corrected chi connectivity index (χ1v) is 6.33. The van der Waals surface area contributed by atoms with E-state index in [1.165, 1.54) is 0 Å². The Morgan fingerprint density at radius 1 is 1.42 bits per heavy atom. The quantitative estimate of drug-likeness (QED) is 0.823. The highest BCUT2D eigenvalue weighted by Gasteiger charge is 2.13. The second-order valence-corrected chi connectivity index (χ2v) is 4.52. The molecule has 19 heavy (non-hydrogen) atoms. The van der Waals surface area contributed by atoms with Crippen molar-refractivity contribution in [3.63, 3.8) is 0 Å². The fourth-order valence-corrected chi connectivity index (χ4v) is 2.09. The molecule has 102 valence electrons. The molecule has 0 aliphatic heterocycles. The number of nitrogens with zero attached hydrogens (tertiary/aromatic N) is 2. The summed E-state index contributed by atoms with van der Waals surface area (Å²) in [5, 5.41) is 3.94. The number of rotatable bonds is 5. The number of ether oxygens (including phenoxy) is 1. The maximum absolute atomic E-state index is 12.3. The number of hydrogen-bond donors (Lipinski definition) is 1. The van der Waals surface area contributed by atoms with E-state index >= 15 is 0 Å². The summed E-state index contributed by atoms with van der Waals surface area (Å²) in [6.07, 6.45) is 0. The molecular weight excluding hydrogens is 242 g/mol. The molecule has 1 unspecified atom stereocenters. The normalized spacial score (nSPS) is 12.8. The monoisotopic (exact) mass is 261 g/mol. The predicted octanol–water partition coefficient (Wildman–Crippen LogP) is 1.23. The van der Waals surface area contributed by atoms with Crippen molar-refractivity contribution in [2.45, 2.75) is 13.0 Å². The van der Waals surface area contributed by atoms with Crippen LogP contribution < -0.4 is 10.9 Å². The summed E-state index contributed by atoms with van der Waals surface area (Å²) < 4.78 is 6.60. The van der Waals surface area contributed by atoms with E-state index in [0.717, 1.165) is 17.9 Å². The molecule has 2 rings (SSSR count). The Hall–Kier alpha value is -1.72. The van der Waals surface area contributed by atoms with Gasteiger partial charge in [-0.1, -0.05) is 12.1 Å². The molecule has 0 saturated heterocycles. The summed E-state index contributed by atoms with van der Waals surface area (Å²) in [6.45, 7) is 3.35. The molecule has 1 N–H and O–H groups in total. The minimum Gasteiger partial charge on any atom is -0.383 e. The Kier molecular flexibility index (Phi) is 4.29. The van der Waals surface area contributed by atoms with E-state index in [0.29, 0.717) is 12.0 Å². The summed E-state index contributed by atoms with van der Waals surface area (Å²) >= 11 is 0. The van der Waals surface area contributed by atoms with Crippen LogP contribution in [0.15, 0.2) is 29.1 Å². The predicted molar refractivity (Wildman–Crippen MR) is 75.3 cm³/mol. The average molecular weight is 261 g/mol. The molecule has 0 amide bonds. The molecule has 5 nitrogen and oxygen atoms in total. The molecule has 5 heteroatoms. The van der Waals surface area contributed by atoms with Crippen molar-refractivity contribution in [3.05, 3.63) is 40.4 Å². The standard InChI is InChI=1S/C14H19N3O2/c1-10(15-8-9-19-3)13-16-12-7-5-4-6-11(12)14(18)17(13)2/h4-7,10,15H,8-9H2,1-3H3. The highest BCUT2D eigenvalue weighted by atomic mass is 16.5. The van der Waals surface area contributed by atoms with Gasteiger partial charge in [-0.2, -0.15) is 0 Å². The lowest BCUT2D eigenvalue weighted by molar-refractivity contribution is 0.196. The first-order chi connectivity index (χ1) is 9.15. The largest absolute Gasteiger partial charge is 0.383 e. The molecule has 2 aromatic rings. The molecule has 0 aliphatic rings. The zero-order valence-corrected chi connectivity index (χ0v) is 11.5. The second-order valence-electron chi connectivity index (χ2n) is 4.52. The molecule has 0 fully saturated rings. The molecule has 0 bridgehead atoms. The smallest absolute Gasteiger partial charge is 0.261 e. The Labute approximate surface area is 112 Å². The van der Waals surface area contributed by atoms with Gasteiger partial charge in [-0.25, -0.2) is 4.98 Å². The summed E-state index contributed by atoms with van der Waals surface area (Å²) in [4.78, 5) is 16.8. The summed E-state index contributed by atoms with van der Waals surface area (Å²) in [6, 6.07) is 7.41. The number of para-hydroxylation sites is 1. The van der Waals surface area contributed by atoms with E-state index in [-0.39, 0.29) is 11.6 Å². The molecule has 0 spiro atoms. The zero-order valence-electron chi connectivity index (χ0n) is 11.5. The fourth-order valence-electron chi connectivity index (χ4n) is 2.09. The van der Waals surface area contributed by atoms with E-state index in [9.17, 15) is 4.79 Å². The van der Waals surface area contributed by atoms with Gasteiger partial charge >= 0.3 is 0 Å². The van der Waals surface area contributed by atoms with Gasteiger partial charge in [0.1, 0.15) is 5.82 Å². The average Bonchev–Trinajstić information content (AvgIpc) is 2.43. The Morgan fingerprint density at radius 3 is 2.89 bits per heavy atom. The van der Waals surface area contributed by atoms with E-state index in [1.807, 2.05) is 25.1 Å². The molecule has 0 aliphatic carbocycles. The lowest BCUT2D eigenvalue weighted by atomic mass is 10.2. The van der Waals surface area contributed by atoms with E-state index < -0.39 is 0 Å². The number of methoxy groups -OCH3 is 1. The first kappa shape index (κ1) is 13.7. The summed E-state index contributed by atoms with van der Waals surface area (Å²) in [7, 11) is 3.42. The van der Waals surface area contributed by atoms with E-state index in [2.05, 4.69) is 10.3 Å². The van der Waals surface area contributed by atoms with Crippen molar-refractivity contribution < 1.29 is 4.74 Å². The Morgan fingerprint density at radius 2 is 2.16 bits per heavy atom. The maximum Gasteiger partial charge on any atom is 0.261 e. The molecular formula is C14H19N3O2. The number of aromatic nitrogens is 2. The second kappa shape index (κ2) is 5.95. The molecule has 0 radical (unpaired) electrons. The number of hydrogen-bond acceptors (Lipinski definition) is 4. The molecule has 1 aromatic heterocycles. The lowest BCUT2D eigenvalue weighted by Crippen LogP contribution is -2.30. The van der Waals surface area contributed by atoms with Crippen LogP contribution >= 0.6 is 0 Å². The van der Waals surface area contributed by atoms with Crippen molar-refractivity contribution in [2.24, 2.45) is 7.05 Å². The number of benzene rings is 1. The highest BCUT2D eigenvalue weighted by Crippen LogP contribution is 2.12. The van der Waals surface area contributed by atoms with Crippen molar-refractivity contribution in [2.75, 3.05) is 20.3 Å². The van der Waals surface area contributed by atoms with Crippen LogP contribution in [-0.4, -0.2) is 29.8 Å². The molecule has 0 saturated carbocycles. The van der Waals surface area contributed by atoms with Gasteiger partial charge in [-0.15, -0.1) is 0 Å². The van der Waals surface area contributed by atoms with Gasteiger partial charge in [0.05, 0.1) is 23.6 Å². The van der Waals surface area contributed by atoms with Gasteiger partial charge in [-0.05, 0) is 19.1 Å². The third-order valence-electron chi connectivity index (χ3n) is 3.16. The van der Waals surface area contributed by atoms with Gasteiger partial charge in [-0.3, -0.25) is 9.36 Å². The number of nitrogens with one attached hydrogen (secondary N) is 1. The van der Waals surface area contributed by atoms with E-state index in [4.69, 9.17) is 4.74 Å². The van der Waals surface area contributed by atoms with Gasteiger partial charge in [0.25, 0.3) is 5.56 Å². The topological polar surface area (TPSA) is 56.1 Å². The van der Waals surface area contributed by atoms with Gasteiger partial charge in [0.15, 0.2) is 0 Å².